The zero-order valence-electron chi connectivity index (χ0n) is 11.3. The van der Waals surface area contributed by atoms with Crippen LogP contribution in [-0.4, -0.2) is 32.8 Å². The van der Waals surface area contributed by atoms with Crippen molar-refractivity contribution < 1.29 is 19.5 Å². The molecule has 0 radical (unpaired) electrons. The summed E-state index contributed by atoms with van der Waals surface area (Å²) in [5.41, 5.74) is 0.192. The number of thiazole rings is 1. The highest BCUT2D eigenvalue weighted by atomic mass is 32.1. The summed E-state index contributed by atoms with van der Waals surface area (Å²) in [6.07, 6.45) is 0. The molecule has 106 valence electrons. The fourth-order valence-corrected chi connectivity index (χ4v) is 3.91. The summed E-state index contributed by atoms with van der Waals surface area (Å²) < 4.78 is 0. The highest BCUT2D eigenvalue weighted by Gasteiger charge is 2.72. The second-order valence-corrected chi connectivity index (χ2v) is 6.95. The maximum Gasteiger partial charge on any atom is 0.347 e. The van der Waals surface area contributed by atoms with Crippen LogP contribution in [0.4, 0.5) is 0 Å². The molecule has 1 aliphatic carbocycles. The van der Waals surface area contributed by atoms with Gasteiger partial charge in [0.1, 0.15) is 9.88 Å². The quantitative estimate of drug-likeness (QED) is 0.849. The van der Waals surface area contributed by atoms with Gasteiger partial charge in [-0.05, 0) is 12.3 Å². The summed E-state index contributed by atoms with van der Waals surface area (Å²) in [6.45, 7) is 5.54. The molecule has 2 heterocycles. The third-order valence-electron chi connectivity index (χ3n) is 4.22. The lowest BCUT2D eigenvalue weighted by Crippen LogP contribution is -2.35. The van der Waals surface area contributed by atoms with Gasteiger partial charge in [0, 0.05) is 0 Å². The van der Waals surface area contributed by atoms with Gasteiger partial charge in [-0.15, -0.1) is 11.3 Å². The Balaban J connectivity index is 1.80. The van der Waals surface area contributed by atoms with Gasteiger partial charge in [0.05, 0.1) is 24.1 Å². The van der Waals surface area contributed by atoms with E-state index in [1.807, 2.05) is 13.8 Å². The van der Waals surface area contributed by atoms with Crippen molar-refractivity contribution in [2.75, 3.05) is 0 Å². The van der Waals surface area contributed by atoms with Crippen LogP contribution in [0.3, 0.4) is 0 Å². The average Bonchev–Trinajstić information content (AvgIpc) is 2.62. The molecule has 2 aliphatic rings. The molecular weight excluding hydrogens is 280 g/mol. The van der Waals surface area contributed by atoms with E-state index in [9.17, 15) is 14.4 Å². The molecule has 1 saturated heterocycles. The molecule has 20 heavy (non-hydrogen) atoms. The molecule has 3 rings (SSSR count). The van der Waals surface area contributed by atoms with Gasteiger partial charge in [0.2, 0.25) is 11.8 Å². The number of carboxylic acids is 1. The molecule has 0 spiro atoms. The number of aryl methyl sites for hydroxylation is 1. The monoisotopic (exact) mass is 294 g/mol. The molecule has 7 heteroatoms. The fourth-order valence-electron chi connectivity index (χ4n) is 3.01. The minimum atomic E-state index is -1.03. The highest BCUT2D eigenvalue weighted by molar-refractivity contribution is 7.13. The lowest BCUT2D eigenvalue weighted by atomic mass is 10.1. The summed E-state index contributed by atoms with van der Waals surface area (Å²) in [7, 11) is 0. The van der Waals surface area contributed by atoms with E-state index >= 15 is 0 Å². The number of aromatic carboxylic acids is 1. The molecule has 0 bridgehead atoms. The zero-order valence-corrected chi connectivity index (χ0v) is 12.2. The number of hydrogen-bond acceptors (Lipinski definition) is 5. The van der Waals surface area contributed by atoms with Crippen LogP contribution in [0.15, 0.2) is 0 Å². The molecule has 1 aromatic heterocycles. The van der Waals surface area contributed by atoms with Crippen LogP contribution < -0.4 is 0 Å². The SMILES string of the molecule is Cc1nc(CN2C(=O)C3C(C2=O)C3(C)C)sc1C(=O)O. The van der Waals surface area contributed by atoms with E-state index < -0.39 is 5.97 Å². The molecule has 1 aromatic rings. The van der Waals surface area contributed by atoms with Gasteiger partial charge in [-0.25, -0.2) is 9.78 Å². The number of likely N-dealkylation sites (tertiary alicyclic amines) is 1. The van der Waals surface area contributed by atoms with E-state index in [2.05, 4.69) is 4.98 Å². The second kappa shape index (κ2) is 3.88. The number of carbonyl (C=O) groups excluding carboxylic acids is 2. The Labute approximate surface area is 119 Å². The number of piperidine rings is 1. The van der Waals surface area contributed by atoms with Crippen molar-refractivity contribution in [1.29, 1.82) is 0 Å². The van der Waals surface area contributed by atoms with Crippen LogP contribution in [0, 0.1) is 24.2 Å². The molecule has 1 saturated carbocycles. The van der Waals surface area contributed by atoms with Crippen LogP contribution in [0.5, 0.6) is 0 Å². The minimum absolute atomic E-state index is 0.0829. The Morgan fingerprint density at radius 1 is 1.35 bits per heavy atom. The third kappa shape index (κ3) is 1.62. The van der Waals surface area contributed by atoms with Crippen LogP contribution in [0.1, 0.15) is 34.2 Å². The molecule has 2 unspecified atom stereocenters. The van der Waals surface area contributed by atoms with Gasteiger partial charge >= 0.3 is 5.97 Å². The van der Waals surface area contributed by atoms with Crippen LogP contribution in [-0.2, 0) is 16.1 Å². The van der Waals surface area contributed by atoms with E-state index in [0.29, 0.717) is 10.7 Å². The largest absolute Gasteiger partial charge is 0.477 e. The lowest BCUT2D eigenvalue weighted by Gasteiger charge is -2.19. The first-order chi connectivity index (χ1) is 9.25. The number of imide groups is 1. The fraction of sp³-hybridized carbons (Fsp3) is 0.538. The maximum atomic E-state index is 12.2. The Morgan fingerprint density at radius 2 is 1.90 bits per heavy atom. The van der Waals surface area contributed by atoms with Gasteiger partial charge in [-0.2, -0.15) is 0 Å². The zero-order chi connectivity index (χ0) is 14.8. The van der Waals surface area contributed by atoms with Crippen molar-refractivity contribution in [3.63, 3.8) is 0 Å². The molecule has 2 fully saturated rings. The van der Waals surface area contributed by atoms with Crippen molar-refractivity contribution in [3.05, 3.63) is 15.6 Å². The Morgan fingerprint density at radius 3 is 2.35 bits per heavy atom. The summed E-state index contributed by atoms with van der Waals surface area (Å²) in [5, 5.41) is 9.47. The van der Waals surface area contributed by atoms with E-state index in [1.165, 1.54) is 4.90 Å². The number of carbonyl (C=O) groups is 3. The smallest absolute Gasteiger partial charge is 0.347 e. The molecule has 1 aliphatic heterocycles. The number of amides is 2. The first-order valence-electron chi connectivity index (χ1n) is 6.30. The van der Waals surface area contributed by atoms with Gasteiger partial charge in [0.15, 0.2) is 0 Å². The van der Waals surface area contributed by atoms with Crippen LogP contribution >= 0.6 is 11.3 Å². The van der Waals surface area contributed by atoms with Gasteiger partial charge < -0.3 is 5.11 Å². The van der Waals surface area contributed by atoms with E-state index in [-0.39, 0.29) is 40.5 Å². The summed E-state index contributed by atoms with van der Waals surface area (Å²) >= 11 is 1.02. The Kier molecular flexibility index (Phi) is 2.57. The molecule has 2 amide bonds. The molecule has 2 atom stereocenters. The Hall–Kier alpha value is -1.76. The topological polar surface area (TPSA) is 87.6 Å². The summed E-state index contributed by atoms with van der Waals surface area (Å²) in [4.78, 5) is 40.8. The van der Waals surface area contributed by atoms with E-state index in [1.54, 1.807) is 6.92 Å². The first kappa shape index (κ1) is 13.2. The van der Waals surface area contributed by atoms with Crippen LogP contribution in [0.2, 0.25) is 0 Å². The maximum absolute atomic E-state index is 12.2. The molecule has 0 aromatic carbocycles. The highest BCUT2D eigenvalue weighted by Crippen LogP contribution is 2.63. The van der Waals surface area contributed by atoms with Gasteiger partial charge in [-0.1, -0.05) is 13.8 Å². The van der Waals surface area contributed by atoms with E-state index in [0.717, 1.165) is 11.3 Å². The number of rotatable bonds is 3. The van der Waals surface area contributed by atoms with E-state index in [4.69, 9.17) is 5.11 Å². The first-order valence-corrected chi connectivity index (χ1v) is 7.11. The molecule has 1 N–H and O–H groups in total. The average molecular weight is 294 g/mol. The van der Waals surface area contributed by atoms with Crippen LogP contribution in [0.25, 0.3) is 0 Å². The number of fused-ring (bicyclic) bond motifs is 1. The molecule has 6 nitrogen and oxygen atoms in total. The van der Waals surface area contributed by atoms with Crippen molar-refractivity contribution in [2.24, 2.45) is 17.3 Å². The number of hydrogen-bond donors (Lipinski definition) is 1. The lowest BCUT2D eigenvalue weighted by molar-refractivity contribution is -0.143. The van der Waals surface area contributed by atoms with Crippen molar-refractivity contribution in [2.45, 2.75) is 27.3 Å². The minimum Gasteiger partial charge on any atom is -0.477 e. The van der Waals surface area contributed by atoms with Crippen molar-refractivity contribution in [3.8, 4) is 0 Å². The number of nitrogens with zero attached hydrogens (tertiary/aromatic N) is 2. The summed E-state index contributed by atoms with van der Waals surface area (Å²) in [6, 6.07) is 0. The number of aromatic nitrogens is 1. The third-order valence-corrected chi connectivity index (χ3v) is 5.35. The Bertz CT molecular complexity index is 625. The standard InChI is InChI=1S/C13H14N2O4S/c1-5-9(12(18)19)20-6(14-5)4-15-10(16)7-8(11(15)17)13(7,2)3/h7-8H,4H2,1-3H3,(H,18,19). The number of carboxylic acid groups (broad SMARTS) is 1. The normalized spacial score (nSPS) is 26.9. The van der Waals surface area contributed by atoms with Crippen molar-refractivity contribution in [1.82, 2.24) is 9.88 Å². The van der Waals surface area contributed by atoms with Gasteiger partial charge in [0.25, 0.3) is 0 Å². The summed E-state index contributed by atoms with van der Waals surface area (Å²) in [5.74, 6) is -1.77. The predicted octanol–water partition coefficient (Wildman–Crippen LogP) is 1.29. The van der Waals surface area contributed by atoms with Gasteiger partial charge in [-0.3, -0.25) is 14.5 Å². The predicted molar refractivity (Wildman–Crippen MR) is 70.1 cm³/mol. The van der Waals surface area contributed by atoms with Crippen molar-refractivity contribution >= 4 is 29.1 Å². The molecular formula is C13H14N2O4S. The second-order valence-electron chi connectivity index (χ2n) is 5.87.